The van der Waals surface area contributed by atoms with Crippen molar-refractivity contribution in [2.75, 3.05) is 0 Å². The number of hydrogen-bond donors (Lipinski definition) is 1. The maximum Gasteiger partial charge on any atom is 1.00 e. The van der Waals surface area contributed by atoms with Gasteiger partial charge < -0.3 is 6.53 Å². The Labute approximate surface area is 149 Å². The van der Waals surface area contributed by atoms with Gasteiger partial charge in [0, 0.05) is 0 Å². The van der Waals surface area contributed by atoms with Gasteiger partial charge in [0.1, 0.15) is 5.69 Å². The molecule has 0 saturated carbocycles. The van der Waals surface area contributed by atoms with E-state index in [0.29, 0.717) is 11.4 Å². The number of rotatable bonds is 3. The van der Waals surface area contributed by atoms with E-state index in [1.807, 2.05) is 18.2 Å². The first-order chi connectivity index (χ1) is 8.27. The molecular formula is C13H11KN2O2. The van der Waals surface area contributed by atoms with E-state index in [4.69, 9.17) is 5.11 Å². The molecule has 0 radical (unpaired) electrons. The second kappa shape index (κ2) is 7.55. The van der Waals surface area contributed by atoms with Gasteiger partial charge in [-0.15, -0.1) is 5.11 Å². The Kier molecular flexibility index (Phi) is 6.38. The van der Waals surface area contributed by atoms with Gasteiger partial charge in [0.05, 0.1) is 11.3 Å². The van der Waals surface area contributed by atoms with E-state index in [-0.39, 0.29) is 58.4 Å². The number of nitrogens with zero attached hydrogens (tertiary/aromatic N) is 2. The summed E-state index contributed by atoms with van der Waals surface area (Å²) in [6, 6.07) is 15.7. The summed E-state index contributed by atoms with van der Waals surface area (Å²) in [5, 5.41) is 16.9. The molecule has 0 aliphatic carbocycles. The molecule has 4 nitrogen and oxygen atoms in total. The van der Waals surface area contributed by atoms with Crippen LogP contribution in [-0.2, 0) is 0 Å². The van der Waals surface area contributed by atoms with Gasteiger partial charge in [-0.1, -0.05) is 30.3 Å². The molecule has 0 aliphatic heterocycles. The number of benzene rings is 2. The molecule has 0 spiro atoms. The third-order valence-electron chi connectivity index (χ3n) is 2.16. The number of azo groups is 1. The predicted molar refractivity (Wildman–Crippen MR) is 65.1 cm³/mol. The van der Waals surface area contributed by atoms with Gasteiger partial charge in [-0.2, -0.15) is 5.11 Å². The van der Waals surface area contributed by atoms with Crippen LogP contribution in [0.25, 0.3) is 0 Å². The summed E-state index contributed by atoms with van der Waals surface area (Å²) in [7, 11) is 0. The maximum atomic E-state index is 10.9. The summed E-state index contributed by atoms with van der Waals surface area (Å²) in [4.78, 5) is 10.9. The Balaban J connectivity index is 0.00000162. The number of hydrogen-bond acceptors (Lipinski definition) is 3. The van der Waals surface area contributed by atoms with Gasteiger partial charge in [0.2, 0.25) is 0 Å². The topological polar surface area (TPSA) is 62.0 Å². The van der Waals surface area contributed by atoms with Crippen LogP contribution in [0.2, 0.25) is 0 Å². The van der Waals surface area contributed by atoms with E-state index < -0.39 is 5.97 Å². The van der Waals surface area contributed by atoms with Crippen LogP contribution >= 0.6 is 0 Å². The summed E-state index contributed by atoms with van der Waals surface area (Å²) in [5.41, 5.74) is 1.18. The second-order valence-electron chi connectivity index (χ2n) is 3.36. The molecule has 2 rings (SSSR count). The van der Waals surface area contributed by atoms with Crippen LogP contribution in [0.3, 0.4) is 0 Å². The molecule has 0 unspecified atom stereocenters. The van der Waals surface area contributed by atoms with Gasteiger partial charge >= 0.3 is 57.4 Å². The van der Waals surface area contributed by atoms with Gasteiger partial charge in [-0.05, 0) is 24.3 Å². The predicted octanol–water partition coefficient (Wildman–Crippen LogP) is 0.917. The third kappa shape index (κ3) is 4.11. The minimum atomic E-state index is -1.01. The Morgan fingerprint density at radius 1 is 0.944 bits per heavy atom. The van der Waals surface area contributed by atoms with Gasteiger partial charge in [-0.25, -0.2) is 4.79 Å². The molecule has 0 bridgehead atoms. The zero-order valence-corrected chi connectivity index (χ0v) is 13.1. The van der Waals surface area contributed by atoms with Crippen molar-refractivity contribution in [3.8, 4) is 0 Å². The molecule has 0 heterocycles. The number of aromatic carboxylic acids is 1. The van der Waals surface area contributed by atoms with Crippen LogP contribution in [0.15, 0.2) is 64.8 Å². The van der Waals surface area contributed by atoms with Crippen molar-refractivity contribution in [1.82, 2.24) is 0 Å². The Hall–Kier alpha value is -0.854. The number of carboxylic acids is 1. The summed E-state index contributed by atoms with van der Waals surface area (Å²) in [6.45, 7) is 0. The van der Waals surface area contributed by atoms with Crippen LogP contribution in [0, 0.1) is 0 Å². The normalized spacial score (nSPS) is 10.0. The third-order valence-corrected chi connectivity index (χ3v) is 2.16. The first-order valence-electron chi connectivity index (χ1n) is 5.06. The van der Waals surface area contributed by atoms with Gasteiger partial charge in [-0.3, -0.25) is 0 Å². The van der Waals surface area contributed by atoms with Crippen molar-refractivity contribution in [2.45, 2.75) is 0 Å². The molecule has 0 atom stereocenters. The maximum absolute atomic E-state index is 10.9. The summed E-state index contributed by atoms with van der Waals surface area (Å²) >= 11 is 0. The molecule has 1 N–H and O–H groups in total. The first-order valence-corrected chi connectivity index (χ1v) is 5.06. The molecule has 0 saturated heterocycles. The first kappa shape index (κ1) is 15.2. The van der Waals surface area contributed by atoms with Crippen LogP contribution in [0.1, 0.15) is 11.8 Å². The van der Waals surface area contributed by atoms with Crippen molar-refractivity contribution in [2.24, 2.45) is 10.2 Å². The number of carbonyl (C=O) groups is 1. The quantitative estimate of drug-likeness (QED) is 0.663. The average molecular weight is 266 g/mol. The van der Waals surface area contributed by atoms with E-state index >= 15 is 0 Å². The van der Waals surface area contributed by atoms with Crippen LogP contribution < -0.4 is 51.4 Å². The second-order valence-corrected chi connectivity index (χ2v) is 3.36. The van der Waals surface area contributed by atoms with E-state index in [1.54, 1.807) is 30.3 Å². The molecule has 86 valence electrons. The zero-order valence-electron chi connectivity index (χ0n) is 10.9. The van der Waals surface area contributed by atoms with Gasteiger partial charge in [0.15, 0.2) is 0 Å². The summed E-state index contributed by atoms with van der Waals surface area (Å²) in [5.74, 6) is -1.01. The fourth-order valence-electron chi connectivity index (χ4n) is 1.35. The fourth-order valence-corrected chi connectivity index (χ4v) is 1.35. The number of carboxylic acid groups (broad SMARTS) is 1. The SMILES string of the molecule is O=C(O)c1ccccc1N=Nc1ccccc1.[H-].[K+]. The van der Waals surface area contributed by atoms with Crippen molar-refractivity contribution < 1.29 is 62.7 Å². The van der Waals surface area contributed by atoms with Crippen molar-refractivity contribution in [3.05, 3.63) is 60.2 Å². The minimum Gasteiger partial charge on any atom is -1.00 e. The van der Waals surface area contributed by atoms with Crippen molar-refractivity contribution >= 4 is 17.3 Å². The van der Waals surface area contributed by atoms with Crippen molar-refractivity contribution in [1.29, 1.82) is 0 Å². The molecule has 0 aliphatic rings. The van der Waals surface area contributed by atoms with E-state index in [1.165, 1.54) is 6.07 Å². The summed E-state index contributed by atoms with van der Waals surface area (Å²) < 4.78 is 0. The molecule has 2 aromatic carbocycles. The van der Waals surface area contributed by atoms with Gasteiger partial charge in [0.25, 0.3) is 0 Å². The molecule has 0 aromatic heterocycles. The van der Waals surface area contributed by atoms with Crippen molar-refractivity contribution in [3.63, 3.8) is 0 Å². The molecule has 0 amide bonds. The van der Waals surface area contributed by atoms with E-state index in [9.17, 15) is 4.79 Å². The monoisotopic (exact) mass is 266 g/mol. The molecule has 18 heavy (non-hydrogen) atoms. The van der Waals surface area contributed by atoms with Crippen LogP contribution in [0.5, 0.6) is 0 Å². The molecule has 2 aromatic rings. The Morgan fingerprint density at radius 2 is 1.56 bits per heavy atom. The Morgan fingerprint density at radius 3 is 2.22 bits per heavy atom. The molecular weight excluding hydrogens is 255 g/mol. The smallest absolute Gasteiger partial charge is 1.00 e. The van der Waals surface area contributed by atoms with E-state index in [0.717, 1.165) is 0 Å². The molecule has 0 fully saturated rings. The standard InChI is InChI=1S/C13H10N2O2.K.H/c16-13(17)11-8-4-5-9-12(11)15-14-10-6-2-1-3-7-10;;/h1-9H,(H,16,17);;/q;+1;-1. The summed E-state index contributed by atoms with van der Waals surface area (Å²) in [6.07, 6.45) is 0. The largest absolute Gasteiger partial charge is 1.00 e. The Bertz CT molecular complexity index is 562. The minimum absolute atomic E-state index is 0. The average Bonchev–Trinajstić information content (AvgIpc) is 2.38. The fraction of sp³-hybridized carbons (Fsp3) is 0. The van der Waals surface area contributed by atoms with E-state index in [2.05, 4.69) is 10.2 Å². The zero-order chi connectivity index (χ0) is 12.1. The molecule has 5 heteroatoms. The van der Waals surface area contributed by atoms with Crippen LogP contribution in [0.4, 0.5) is 11.4 Å². The van der Waals surface area contributed by atoms with Crippen LogP contribution in [-0.4, -0.2) is 11.1 Å².